The quantitative estimate of drug-likeness (QED) is 0.543. The lowest BCUT2D eigenvalue weighted by molar-refractivity contribution is 0.601. The van der Waals surface area contributed by atoms with E-state index in [-0.39, 0.29) is 25.7 Å². The highest BCUT2D eigenvalue weighted by molar-refractivity contribution is 9.10. The van der Waals surface area contributed by atoms with Crippen molar-refractivity contribution in [2.75, 3.05) is 10.5 Å². The van der Waals surface area contributed by atoms with Crippen LogP contribution < -0.4 is 10.5 Å². The topological polar surface area (TPSA) is 72.2 Å². The molecule has 0 unspecified atom stereocenters. The molecule has 3 N–H and O–H groups in total. The van der Waals surface area contributed by atoms with Crippen LogP contribution in [0.5, 0.6) is 0 Å². The van der Waals surface area contributed by atoms with Gasteiger partial charge in [-0.1, -0.05) is 34.8 Å². The lowest BCUT2D eigenvalue weighted by Crippen LogP contribution is -2.14. The van der Waals surface area contributed by atoms with E-state index in [1.807, 2.05) is 0 Å². The van der Waals surface area contributed by atoms with Gasteiger partial charge >= 0.3 is 0 Å². The van der Waals surface area contributed by atoms with Gasteiger partial charge in [-0.15, -0.1) is 0 Å². The molecule has 0 fully saturated rings. The van der Waals surface area contributed by atoms with E-state index in [0.29, 0.717) is 10.2 Å². The summed E-state index contributed by atoms with van der Waals surface area (Å²) in [6.45, 7) is 0. The van der Waals surface area contributed by atoms with Gasteiger partial charge in [0.05, 0.1) is 20.8 Å². The lowest BCUT2D eigenvalue weighted by atomic mass is 10.3. The van der Waals surface area contributed by atoms with Crippen LogP contribution >= 0.6 is 50.7 Å². The minimum absolute atomic E-state index is 0.0267. The lowest BCUT2D eigenvalue weighted by Gasteiger charge is -2.12. The fourth-order valence-corrected chi connectivity index (χ4v) is 4.35. The molecule has 0 saturated carbocycles. The van der Waals surface area contributed by atoms with Gasteiger partial charge < -0.3 is 5.73 Å². The third-order valence-corrected chi connectivity index (χ3v) is 5.88. The summed E-state index contributed by atoms with van der Waals surface area (Å²) in [4.78, 5) is 0.0267. The number of nitrogens with two attached hydrogens (primary N) is 1. The van der Waals surface area contributed by atoms with Crippen molar-refractivity contribution < 1.29 is 8.42 Å². The molecular formula is C12H8BrCl3N2O2S. The molecule has 0 aliphatic carbocycles. The number of hydrogen-bond donors (Lipinski definition) is 2. The Balaban J connectivity index is 2.45. The first-order valence-electron chi connectivity index (χ1n) is 5.43. The molecule has 0 heterocycles. The summed E-state index contributed by atoms with van der Waals surface area (Å²) in [6, 6.07) is 7.06. The van der Waals surface area contributed by atoms with Crippen LogP contribution in [0.1, 0.15) is 0 Å². The van der Waals surface area contributed by atoms with E-state index in [2.05, 4.69) is 20.7 Å². The number of halogens is 4. The second-order valence-electron chi connectivity index (χ2n) is 4.04. The standard InChI is InChI=1S/C12H8BrCl3N2O2S/c13-7-3-6(17)1-2-12(7)21(19,20)18-11-5-9(15)8(14)4-10(11)16/h1-5,18H,17H2. The molecular weight excluding hydrogens is 422 g/mol. The molecule has 0 aliphatic rings. The fraction of sp³-hybridized carbons (Fsp3) is 0. The molecule has 9 heteroatoms. The minimum Gasteiger partial charge on any atom is -0.399 e. The van der Waals surface area contributed by atoms with Crippen LogP contribution in [-0.4, -0.2) is 8.42 Å². The molecule has 21 heavy (non-hydrogen) atoms. The molecule has 2 aromatic rings. The van der Waals surface area contributed by atoms with Gasteiger partial charge in [0, 0.05) is 10.2 Å². The number of hydrogen-bond acceptors (Lipinski definition) is 3. The van der Waals surface area contributed by atoms with E-state index in [9.17, 15) is 8.42 Å². The van der Waals surface area contributed by atoms with Crippen LogP contribution in [0, 0.1) is 0 Å². The van der Waals surface area contributed by atoms with E-state index in [1.54, 1.807) is 0 Å². The van der Waals surface area contributed by atoms with Gasteiger partial charge in [0.1, 0.15) is 4.90 Å². The van der Waals surface area contributed by atoms with Crippen molar-refractivity contribution in [3.8, 4) is 0 Å². The van der Waals surface area contributed by atoms with Crippen molar-refractivity contribution in [3.63, 3.8) is 0 Å². The Bertz CT molecular complexity index is 812. The van der Waals surface area contributed by atoms with E-state index >= 15 is 0 Å². The highest BCUT2D eigenvalue weighted by atomic mass is 79.9. The summed E-state index contributed by atoms with van der Waals surface area (Å²) in [5, 5.41) is 0.563. The Morgan fingerprint density at radius 3 is 2.24 bits per heavy atom. The van der Waals surface area contributed by atoms with Crippen molar-refractivity contribution in [2.45, 2.75) is 4.90 Å². The largest absolute Gasteiger partial charge is 0.399 e. The molecule has 2 aromatic carbocycles. The summed E-state index contributed by atoms with van der Waals surface area (Å²) in [7, 11) is -3.85. The zero-order chi connectivity index (χ0) is 15.8. The monoisotopic (exact) mass is 428 g/mol. The summed E-state index contributed by atoms with van der Waals surface area (Å²) >= 11 is 20.8. The molecule has 0 amide bonds. The summed E-state index contributed by atoms with van der Waals surface area (Å²) in [6.07, 6.45) is 0. The van der Waals surface area contributed by atoms with E-state index < -0.39 is 10.0 Å². The van der Waals surface area contributed by atoms with Gasteiger partial charge in [-0.05, 0) is 46.3 Å². The first-order chi connectivity index (χ1) is 9.70. The first-order valence-corrected chi connectivity index (χ1v) is 8.84. The Kier molecular flexibility index (Phi) is 4.95. The van der Waals surface area contributed by atoms with E-state index in [0.717, 1.165) is 0 Å². The van der Waals surface area contributed by atoms with Gasteiger partial charge in [0.25, 0.3) is 10.0 Å². The maximum absolute atomic E-state index is 12.4. The Morgan fingerprint density at radius 2 is 1.62 bits per heavy atom. The molecule has 0 aromatic heterocycles. The molecule has 0 atom stereocenters. The number of nitrogen functional groups attached to an aromatic ring is 1. The third-order valence-electron chi connectivity index (χ3n) is 2.50. The summed E-state index contributed by atoms with van der Waals surface area (Å²) in [5.41, 5.74) is 6.16. The molecule has 0 aliphatic heterocycles. The molecule has 2 rings (SSSR count). The van der Waals surface area contributed by atoms with Crippen molar-refractivity contribution in [1.29, 1.82) is 0 Å². The van der Waals surface area contributed by atoms with Gasteiger partial charge in [-0.25, -0.2) is 8.42 Å². The average molecular weight is 431 g/mol. The number of rotatable bonds is 3. The Labute approximate surface area is 145 Å². The normalized spacial score (nSPS) is 11.4. The van der Waals surface area contributed by atoms with Crippen molar-refractivity contribution >= 4 is 72.1 Å². The third kappa shape index (κ3) is 3.76. The van der Waals surface area contributed by atoms with Crippen LogP contribution in [0.25, 0.3) is 0 Å². The van der Waals surface area contributed by atoms with Crippen LogP contribution in [0.4, 0.5) is 11.4 Å². The first kappa shape index (κ1) is 16.7. The number of anilines is 2. The van der Waals surface area contributed by atoms with Crippen molar-refractivity contribution in [3.05, 3.63) is 49.9 Å². The van der Waals surface area contributed by atoms with E-state index in [4.69, 9.17) is 40.5 Å². The predicted molar refractivity (Wildman–Crippen MR) is 90.8 cm³/mol. The van der Waals surface area contributed by atoms with Gasteiger partial charge in [0.2, 0.25) is 0 Å². The van der Waals surface area contributed by atoms with Gasteiger partial charge in [-0.3, -0.25) is 4.72 Å². The van der Waals surface area contributed by atoms with Gasteiger partial charge in [-0.2, -0.15) is 0 Å². The van der Waals surface area contributed by atoms with Crippen LogP contribution in [-0.2, 0) is 10.0 Å². The van der Waals surface area contributed by atoms with Crippen molar-refractivity contribution in [2.24, 2.45) is 0 Å². The zero-order valence-electron chi connectivity index (χ0n) is 10.2. The molecule has 112 valence electrons. The highest BCUT2D eigenvalue weighted by Crippen LogP contribution is 2.34. The van der Waals surface area contributed by atoms with Crippen LogP contribution in [0.15, 0.2) is 39.7 Å². The SMILES string of the molecule is Nc1ccc(S(=O)(=O)Nc2cc(Cl)c(Cl)cc2Cl)c(Br)c1. The average Bonchev–Trinajstić information content (AvgIpc) is 2.35. The van der Waals surface area contributed by atoms with Crippen LogP contribution in [0.2, 0.25) is 15.1 Å². The number of benzene rings is 2. The smallest absolute Gasteiger partial charge is 0.263 e. The Morgan fingerprint density at radius 1 is 1.00 bits per heavy atom. The maximum Gasteiger partial charge on any atom is 0.263 e. The highest BCUT2D eigenvalue weighted by Gasteiger charge is 2.19. The van der Waals surface area contributed by atoms with Gasteiger partial charge in [0.15, 0.2) is 0 Å². The molecule has 4 nitrogen and oxygen atoms in total. The minimum atomic E-state index is -3.85. The molecule has 0 saturated heterocycles. The zero-order valence-corrected chi connectivity index (χ0v) is 14.9. The van der Waals surface area contributed by atoms with Crippen molar-refractivity contribution in [1.82, 2.24) is 0 Å². The number of nitrogens with one attached hydrogen (secondary N) is 1. The second kappa shape index (κ2) is 6.22. The number of sulfonamides is 1. The summed E-state index contributed by atoms with van der Waals surface area (Å²) < 4.78 is 27.4. The predicted octanol–water partition coefficient (Wildman–Crippen LogP) is 4.79. The molecule has 0 spiro atoms. The van der Waals surface area contributed by atoms with E-state index in [1.165, 1.54) is 30.3 Å². The fourth-order valence-electron chi connectivity index (χ4n) is 1.54. The maximum atomic E-state index is 12.4. The second-order valence-corrected chi connectivity index (χ2v) is 7.77. The Hall–Kier alpha value is -0.660. The summed E-state index contributed by atoms with van der Waals surface area (Å²) in [5.74, 6) is 0. The molecule has 0 bridgehead atoms. The molecule has 0 radical (unpaired) electrons. The van der Waals surface area contributed by atoms with Crippen LogP contribution in [0.3, 0.4) is 0 Å².